The number of carbonyl (C=O) groups excluding carboxylic acids is 1. The molecule has 1 aromatic carbocycles. The molecule has 3 heteroatoms. The number of thioether (sulfide) groups is 1. The molecule has 0 aliphatic heterocycles. The van der Waals surface area contributed by atoms with Crippen molar-refractivity contribution < 1.29 is 4.79 Å². The molecule has 0 spiro atoms. The topological polar surface area (TPSA) is 43.1 Å². The molecule has 0 aliphatic rings. The molecular formula is C9H11NOS. The van der Waals surface area contributed by atoms with Gasteiger partial charge in [-0.05, 0) is 17.9 Å². The van der Waals surface area contributed by atoms with Gasteiger partial charge in [-0.15, -0.1) is 11.8 Å². The summed E-state index contributed by atoms with van der Waals surface area (Å²) in [5.74, 6) is -0.281. The molecule has 0 unspecified atom stereocenters. The predicted molar refractivity (Wildman–Crippen MR) is 51.1 cm³/mol. The number of hydrogen-bond donors (Lipinski definition) is 1. The molecular weight excluding hydrogens is 170 g/mol. The van der Waals surface area contributed by atoms with Gasteiger partial charge in [0.25, 0.3) is 0 Å². The minimum absolute atomic E-state index is 0.281. The largest absolute Gasteiger partial charge is 0.369 e. The fraction of sp³-hybridized carbons (Fsp3) is 0.222. The number of amides is 1. The molecule has 2 N–H and O–H groups in total. The van der Waals surface area contributed by atoms with E-state index in [1.165, 1.54) is 0 Å². The predicted octanol–water partition coefficient (Wildman–Crippen LogP) is 1.44. The fourth-order valence-electron chi connectivity index (χ4n) is 1.04. The van der Waals surface area contributed by atoms with Crippen LogP contribution in [-0.2, 0) is 11.2 Å². The van der Waals surface area contributed by atoms with Crippen molar-refractivity contribution in [1.29, 1.82) is 0 Å². The summed E-state index contributed by atoms with van der Waals surface area (Å²) in [6.07, 6.45) is 2.32. The zero-order valence-corrected chi connectivity index (χ0v) is 7.73. The van der Waals surface area contributed by atoms with Crippen molar-refractivity contribution >= 4 is 17.7 Å². The van der Waals surface area contributed by atoms with E-state index in [2.05, 4.69) is 0 Å². The van der Waals surface area contributed by atoms with Gasteiger partial charge in [-0.3, -0.25) is 4.79 Å². The number of hydrogen-bond acceptors (Lipinski definition) is 2. The van der Waals surface area contributed by atoms with Crippen LogP contribution >= 0.6 is 11.8 Å². The Morgan fingerprint density at radius 1 is 1.50 bits per heavy atom. The normalized spacial score (nSPS) is 9.75. The highest BCUT2D eigenvalue weighted by atomic mass is 32.2. The second kappa shape index (κ2) is 4.16. The van der Waals surface area contributed by atoms with E-state index in [0.29, 0.717) is 6.42 Å². The molecule has 2 nitrogen and oxygen atoms in total. The summed E-state index contributed by atoms with van der Waals surface area (Å²) in [6, 6.07) is 7.79. The lowest BCUT2D eigenvalue weighted by Gasteiger charge is -2.03. The van der Waals surface area contributed by atoms with E-state index in [4.69, 9.17) is 5.73 Å². The Labute approximate surface area is 76.2 Å². The van der Waals surface area contributed by atoms with Gasteiger partial charge in [-0.2, -0.15) is 0 Å². The number of rotatable bonds is 3. The van der Waals surface area contributed by atoms with E-state index in [1.54, 1.807) is 11.8 Å². The van der Waals surface area contributed by atoms with Crippen molar-refractivity contribution in [3.63, 3.8) is 0 Å². The minimum Gasteiger partial charge on any atom is -0.369 e. The fourth-order valence-corrected chi connectivity index (χ4v) is 1.65. The highest BCUT2D eigenvalue weighted by Crippen LogP contribution is 2.19. The summed E-state index contributed by atoms with van der Waals surface area (Å²) in [6.45, 7) is 0. The Morgan fingerprint density at radius 2 is 2.17 bits per heavy atom. The van der Waals surface area contributed by atoms with E-state index in [-0.39, 0.29) is 5.91 Å². The molecule has 0 bridgehead atoms. The van der Waals surface area contributed by atoms with E-state index >= 15 is 0 Å². The zero-order chi connectivity index (χ0) is 8.97. The molecule has 0 saturated carbocycles. The smallest absolute Gasteiger partial charge is 0.221 e. The first-order valence-electron chi connectivity index (χ1n) is 3.64. The SMILES string of the molecule is CSc1ccccc1CC(N)=O. The molecule has 0 aromatic heterocycles. The third-order valence-electron chi connectivity index (χ3n) is 1.56. The van der Waals surface area contributed by atoms with Gasteiger partial charge in [0.2, 0.25) is 5.91 Å². The Hall–Kier alpha value is -0.960. The lowest BCUT2D eigenvalue weighted by atomic mass is 10.1. The molecule has 0 aliphatic carbocycles. The summed E-state index contributed by atoms with van der Waals surface area (Å²) >= 11 is 1.63. The lowest BCUT2D eigenvalue weighted by Crippen LogP contribution is -2.14. The molecule has 1 rings (SSSR count). The van der Waals surface area contributed by atoms with Crippen molar-refractivity contribution in [3.8, 4) is 0 Å². The molecule has 0 radical (unpaired) electrons. The van der Waals surface area contributed by atoms with Gasteiger partial charge in [-0.25, -0.2) is 0 Å². The monoisotopic (exact) mass is 181 g/mol. The third-order valence-corrected chi connectivity index (χ3v) is 2.40. The van der Waals surface area contributed by atoms with Crippen molar-refractivity contribution in [2.24, 2.45) is 5.73 Å². The van der Waals surface area contributed by atoms with Crippen molar-refractivity contribution in [1.82, 2.24) is 0 Å². The highest BCUT2D eigenvalue weighted by molar-refractivity contribution is 7.98. The first kappa shape index (κ1) is 9.13. The maximum Gasteiger partial charge on any atom is 0.221 e. The molecule has 1 amide bonds. The van der Waals surface area contributed by atoms with Gasteiger partial charge in [0.1, 0.15) is 0 Å². The van der Waals surface area contributed by atoms with Crippen LogP contribution in [0.3, 0.4) is 0 Å². The molecule has 0 heterocycles. The zero-order valence-electron chi connectivity index (χ0n) is 6.91. The molecule has 12 heavy (non-hydrogen) atoms. The van der Waals surface area contributed by atoms with Gasteiger partial charge in [-0.1, -0.05) is 18.2 Å². The number of primary amides is 1. The minimum atomic E-state index is -0.281. The van der Waals surface area contributed by atoms with Gasteiger partial charge in [0, 0.05) is 4.90 Å². The van der Waals surface area contributed by atoms with E-state index in [1.807, 2.05) is 30.5 Å². The summed E-state index contributed by atoms with van der Waals surface area (Å²) in [4.78, 5) is 11.8. The summed E-state index contributed by atoms with van der Waals surface area (Å²) in [5, 5.41) is 0. The van der Waals surface area contributed by atoms with Crippen LogP contribution in [-0.4, -0.2) is 12.2 Å². The van der Waals surface area contributed by atoms with E-state index in [9.17, 15) is 4.79 Å². The average molecular weight is 181 g/mol. The quantitative estimate of drug-likeness (QED) is 0.717. The Morgan fingerprint density at radius 3 is 2.75 bits per heavy atom. The number of carbonyl (C=O) groups is 1. The van der Waals surface area contributed by atoms with Crippen LogP contribution in [0, 0.1) is 0 Å². The summed E-state index contributed by atoms with van der Waals surface area (Å²) in [7, 11) is 0. The molecule has 0 saturated heterocycles. The lowest BCUT2D eigenvalue weighted by molar-refractivity contribution is -0.117. The van der Waals surface area contributed by atoms with Crippen molar-refractivity contribution in [3.05, 3.63) is 29.8 Å². The van der Waals surface area contributed by atoms with Crippen LogP contribution in [0.4, 0.5) is 0 Å². The molecule has 1 aromatic rings. The maximum atomic E-state index is 10.6. The van der Waals surface area contributed by atoms with Crippen molar-refractivity contribution in [2.45, 2.75) is 11.3 Å². The van der Waals surface area contributed by atoms with Crippen LogP contribution in [0.2, 0.25) is 0 Å². The first-order chi connectivity index (χ1) is 5.74. The number of benzene rings is 1. The Balaban J connectivity index is 2.89. The van der Waals surface area contributed by atoms with Crippen LogP contribution in [0.1, 0.15) is 5.56 Å². The van der Waals surface area contributed by atoms with Crippen LogP contribution in [0.25, 0.3) is 0 Å². The van der Waals surface area contributed by atoms with Crippen molar-refractivity contribution in [2.75, 3.05) is 6.26 Å². The maximum absolute atomic E-state index is 10.6. The van der Waals surface area contributed by atoms with Gasteiger partial charge >= 0.3 is 0 Å². The van der Waals surface area contributed by atoms with Crippen LogP contribution in [0.15, 0.2) is 29.2 Å². The standard InChI is InChI=1S/C9H11NOS/c1-12-8-5-3-2-4-7(8)6-9(10)11/h2-5H,6H2,1H3,(H2,10,11). The molecule has 64 valence electrons. The first-order valence-corrected chi connectivity index (χ1v) is 4.86. The summed E-state index contributed by atoms with van der Waals surface area (Å²) < 4.78 is 0. The van der Waals surface area contributed by atoms with Crippen LogP contribution < -0.4 is 5.73 Å². The Kier molecular flexibility index (Phi) is 3.17. The number of nitrogens with two attached hydrogens (primary N) is 1. The van der Waals surface area contributed by atoms with E-state index < -0.39 is 0 Å². The second-order valence-electron chi connectivity index (χ2n) is 2.45. The molecule has 0 fully saturated rings. The van der Waals surface area contributed by atoms with E-state index in [0.717, 1.165) is 10.5 Å². The highest BCUT2D eigenvalue weighted by Gasteiger charge is 2.02. The second-order valence-corrected chi connectivity index (χ2v) is 3.30. The third kappa shape index (κ3) is 2.27. The Bertz CT molecular complexity index is 286. The molecule has 0 atom stereocenters. The van der Waals surface area contributed by atoms with Gasteiger partial charge in [0.15, 0.2) is 0 Å². The van der Waals surface area contributed by atoms with Crippen LogP contribution in [0.5, 0.6) is 0 Å². The summed E-state index contributed by atoms with van der Waals surface area (Å²) in [5.41, 5.74) is 6.11. The average Bonchev–Trinajstić information content (AvgIpc) is 2.04. The van der Waals surface area contributed by atoms with Gasteiger partial charge in [0.05, 0.1) is 6.42 Å². The van der Waals surface area contributed by atoms with Gasteiger partial charge < -0.3 is 5.73 Å².